The van der Waals surface area contributed by atoms with Crippen LogP contribution < -0.4 is 0 Å². The summed E-state index contributed by atoms with van der Waals surface area (Å²) in [6.07, 6.45) is -20.4. The molecule has 0 radical (unpaired) electrons. The fraction of sp³-hybridized carbons (Fsp3) is 1.00. The lowest BCUT2D eigenvalue weighted by Gasteiger charge is -2.47. The molecule has 3 heterocycles. The van der Waals surface area contributed by atoms with Gasteiger partial charge in [0.25, 0.3) is 0 Å². The van der Waals surface area contributed by atoms with Gasteiger partial charge in [-0.05, 0) is 6.92 Å². The molecule has 14 heteroatoms. The predicted octanol–water partition coefficient (Wildman–Crippen LogP) is -5.52. The van der Waals surface area contributed by atoms with Crippen molar-refractivity contribution in [2.45, 2.75) is 99.4 Å². The summed E-state index contributed by atoms with van der Waals surface area (Å²) in [6.45, 7) is 0.126. The SMILES string of the molecule is C[C@@H]1O[C@@H](O[C@H]2[C@H](O)[C@@H](CO)OC(O)[C@H]2O[C@H]2O[C@H](CO)[C@H](O)[C@H](O)[C@H]2O)[C@@H](O)C[C@@H]1O. The molecule has 14 nitrogen and oxygen atoms in total. The first-order chi connectivity index (χ1) is 15.1. The second-order valence-corrected chi connectivity index (χ2v) is 8.22. The van der Waals surface area contributed by atoms with Gasteiger partial charge in [-0.15, -0.1) is 0 Å². The van der Waals surface area contributed by atoms with E-state index in [9.17, 15) is 46.0 Å². The van der Waals surface area contributed by atoms with Crippen LogP contribution in [-0.2, 0) is 23.7 Å². The Morgan fingerprint density at radius 2 is 1.25 bits per heavy atom. The van der Waals surface area contributed by atoms with Crippen molar-refractivity contribution in [3.05, 3.63) is 0 Å². The standard InChI is InChI=1S/C18H32O14/c1-5-6(21)2-7(22)17(28-5)31-14-11(24)9(4-20)29-16(27)15(14)32-18-13(26)12(25)10(23)8(3-19)30-18/h5-27H,2-4H2,1H3/t5-,6-,7-,8+,9+,10-,11+,12-,13+,14-,15-,16?,17-,18+/m0/s1. The Morgan fingerprint density at radius 1 is 0.656 bits per heavy atom. The summed E-state index contributed by atoms with van der Waals surface area (Å²) < 4.78 is 27.0. The quantitative estimate of drug-likeness (QED) is 0.176. The average Bonchev–Trinajstić information content (AvgIpc) is 2.76. The van der Waals surface area contributed by atoms with Gasteiger partial charge in [-0.3, -0.25) is 0 Å². The van der Waals surface area contributed by atoms with Crippen molar-refractivity contribution in [1.29, 1.82) is 0 Å². The number of aliphatic hydroxyl groups excluding tert-OH is 9. The van der Waals surface area contributed by atoms with Crippen LogP contribution in [0.4, 0.5) is 0 Å². The van der Waals surface area contributed by atoms with E-state index < -0.39 is 99.2 Å². The van der Waals surface area contributed by atoms with Crippen molar-refractivity contribution in [1.82, 2.24) is 0 Å². The van der Waals surface area contributed by atoms with E-state index in [0.29, 0.717) is 0 Å². The van der Waals surface area contributed by atoms with Crippen LogP contribution in [0.25, 0.3) is 0 Å². The Morgan fingerprint density at radius 3 is 1.88 bits per heavy atom. The first-order valence-electron chi connectivity index (χ1n) is 10.3. The second kappa shape index (κ2) is 10.8. The summed E-state index contributed by atoms with van der Waals surface area (Å²) in [5, 5.41) is 89.9. The van der Waals surface area contributed by atoms with Crippen molar-refractivity contribution in [3.63, 3.8) is 0 Å². The Hall–Kier alpha value is -0.560. The van der Waals surface area contributed by atoms with Crippen LogP contribution in [0.1, 0.15) is 13.3 Å². The predicted molar refractivity (Wildman–Crippen MR) is 98.5 cm³/mol. The maximum atomic E-state index is 10.6. The molecule has 0 aromatic rings. The molecule has 3 saturated heterocycles. The first-order valence-corrected chi connectivity index (χ1v) is 10.3. The molecule has 3 fully saturated rings. The van der Waals surface area contributed by atoms with E-state index in [1.165, 1.54) is 0 Å². The van der Waals surface area contributed by atoms with E-state index in [0.717, 1.165) is 0 Å². The third-order valence-corrected chi connectivity index (χ3v) is 5.94. The lowest BCUT2D eigenvalue weighted by Crippen LogP contribution is -2.65. The third kappa shape index (κ3) is 5.24. The fourth-order valence-electron chi connectivity index (χ4n) is 3.91. The largest absolute Gasteiger partial charge is 0.394 e. The summed E-state index contributed by atoms with van der Waals surface area (Å²) in [5.74, 6) is 0. The van der Waals surface area contributed by atoms with E-state index in [2.05, 4.69) is 0 Å². The van der Waals surface area contributed by atoms with E-state index in [1.54, 1.807) is 6.92 Å². The Balaban J connectivity index is 1.79. The number of ether oxygens (including phenoxy) is 5. The van der Waals surface area contributed by atoms with Gasteiger partial charge < -0.3 is 69.6 Å². The summed E-state index contributed by atoms with van der Waals surface area (Å²) >= 11 is 0. The molecular weight excluding hydrogens is 440 g/mol. The molecule has 0 aliphatic carbocycles. The molecule has 1 unspecified atom stereocenters. The van der Waals surface area contributed by atoms with Crippen molar-refractivity contribution < 1.29 is 69.6 Å². The smallest absolute Gasteiger partial charge is 0.187 e. The Labute approximate surface area is 183 Å². The summed E-state index contributed by atoms with van der Waals surface area (Å²) in [6, 6.07) is 0. The Bertz CT molecular complexity index is 594. The van der Waals surface area contributed by atoms with E-state index >= 15 is 0 Å². The third-order valence-electron chi connectivity index (χ3n) is 5.94. The number of hydrogen-bond acceptors (Lipinski definition) is 14. The Kier molecular flexibility index (Phi) is 8.79. The van der Waals surface area contributed by atoms with Gasteiger partial charge in [-0.1, -0.05) is 0 Å². The van der Waals surface area contributed by atoms with Crippen molar-refractivity contribution in [2.75, 3.05) is 13.2 Å². The van der Waals surface area contributed by atoms with E-state index in [1.807, 2.05) is 0 Å². The van der Waals surface area contributed by atoms with Crippen molar-refractivity contribution >= 4 is 0 Å². The molecule has 14 atom stereocenters. The van der Waals surface area contributed by atoms with E-state index in [-0.39, 0.29) is 6.42 Å². The van der Waals surface area contributed by atoms with Crippen LogP contribution in [0.3, 0.4) is 0 Å². The van der Waals surface area contributed by atoms with Gasteiger partial charge in [-0.2, -0.15) is 0 Å². The van der Waals surface area contributed by atoms with Gasteiger partial charge >= 0.3 is 0 Å². The zero-order chi connectivity index (χ0) is 23.7. The second-order valence-electron chi connectivity index (χ2n) is 8.22. The highest BCUT2D eigenvalue weighted by molar-refractivity contribution is 4.95. The molecule has 188 valence electrons. The summed E-state index contributed by atoms with van der Waals surface area (Å²) in [5.41, 5.74) is 0. The van der Waals surface area contributed by atoms with E-state index in [4.69, 9.17) is 23.7 Å². The molecule has 0 spiro atoms. The van der Waals surface area contributed by atoms with Gasteiger partial charge in [0.2, 0.25) is 0 Å². The van der Waals surface area contributed by atoms with Gasteiger partial charge in [0.05, 0.1) is 25.4 Å². The minimum absolute atomic E-state index is 0.0879. The normalized spacial score (nSPS) is 52.7. The van der Waals surface area contributed by atoms with Crippen molar-refractivity contribution in [3.8, 4) is 0 Å². The molecule has 3 rings (SSSR count). The summed E-state index contributed by atoms with van der Waals surface area (Å²) in [4.78, 5) is 0. The number of rotatable bonds is 6. The minimum atomic E-state index is -1.82. The topological polar surface area (TPSA) is 228 Å². The van der Waals surface area contributed by atoms with Crippen LogP contribution in [0.15, 0.2) is 0 Å². The van der Waals surface area contributed by atoms with Crippen LogP contribution in [-0.4, -0.2) is 145 Å². The fourth-order valence-corrected chi connectivity index (χ4v) is 3.91. The van der Waals surface area contributed by atoms with Gasteiger partial charge in [0, 0.05) is 6.42 Å². The highest BCUT2D eigenvalue weighted by Crippen LogP contribution is 2.32. The van der Waals surface area contributed by atoms with Gasteiger partial charge in [-0.25, -0.2) is 0 Å². The molecule has 0 saturated carbocycles. The molecular formula is C18H32O14. The number of hydrogen-bond donors (Lipinski definition) is 9. The monoisotopic (exact) mass is 472 g/mol. The lowest BCUT2D eigenvalue weighted by molar-refractivity contribution is -0.382. The lowest BCUT2D eigenvalue weighted by atomic mass is 9.96. The molecule has 3 aliphatic rings. The van der Waals surface area contributed by atoms with Crippen LogP contribution in [0.5, 0.6) is 0 Å². The highest BCUT2D eigenvalue weighted by Gasteiger charge is 2.52. The number of aliphatic hydroxyl groups is 9. The van der Waals surface area contributed by atoms with Crippen LogP contribution in [0, 0.1) is 0 Å². The molecule has 9 N–H and O–H groups in total. The summed E-state index contributed by atoms with van der Waals surface area (Å²) in [7, 11) is 0. The molecule has 0 aromatic heterocycles. The maximum Gasteiger partial charge on any atom is 0.187 e. The highest BCUT2D eigenvalue weighted by atomic mass is 16.8. The van der Waals surface area contributed by atoms with Crippen molar-refractivity contribution in [2.24, 2.45) is 0 Å². The average molecular weight is 472 g/mol. The zero-order valence-electron chi connectivity index (χ0n) is 17.3. The minimum Gasteiger partial charge on any atom is -0.394 e. The molecule has 3 aliphatic heterocycles. The maximum absolute atomic E-state index is 10.6. The molecule has 0 bridgehead atoms. The zero-order valence-corrected chi connectivity index (χ0v) is 17.3. The van der Waals surface area contributed by atoms with Gasteiger partial charge in [0.15, 0.2) is 18.9 Å². The van der Waals surface area contributed by atoms with Gasteiger partial charge in [0.1, 0.15) is 54.9 Å². The van der Waals surface area contributed by atoms with Crippen LogP contribution >= 0.6 is 0 Å². The molecule has 32 heavy (non-hydrogen) atoms. The molecule has 0 aromatic carbocycles. The first kappa shape index (κ1) is 26.1. The molecule has 0 amide bonds. The van der Waals surface area contributed by atoms with Crippen LogP contribution in [0.2, 0.25) is 0 Å².